The van der Waals surface area contributed by atoms with E-state index < -0.39 is 21.1 Å². The summed E-state index contributed by atoms with van der Waals surface area (Å²) in [7, 11) is -5.14. The zero-order chi connectivity index (χ0) is 10.1. The quantitative estimate of drug-likeness (QED) is 0.741. The molecule has 0 aliphatic heterocycles. The van der Waals surface area contributed by atoms with E-state index in [4.69, 9.17) is 0 Å². The van der Waals surface area contributed by atoms with Crippen molar-refractivity contribution in [1.82, 2.24) is 5.16 Å². The smallest absolute Gasteiger partial charge is 0.364 e. The minimum absolute atomic E-state index is 0.266. The predicted octanol–water partition coefficient (Wildman–Crippen LogP) is 1.11. The van der Waals surface area contributed by atoms with Crippen LogP contribution in [0.2, 0.25) is 0 Å². The van der Waals surface area contributed by atoms with Crippen molar-refractivity contribution in [3.63, 3.8) is 0 Å². The van der Waals surface area contributed by atoms with Gasteiger partial charge in [0.05, 0.1) is 5.69 Å². The molecule has 0 N–H and O–H groups in total. The van der Waals surface area contributed by atoms with Crippen molar-refractivity contribution in [3.05, 3.63) is 18.0 Å². The number of nitrogens with zero attached hydrogens (tertiary/aromatic N) is 1. The monoisotopic (exact) mass is 215 g/mol. The van der Waals surface area contributed by atoms with E-state index in [0.717, 1.165) is 12.3 Å². The van der Waals surface area contributed by atoms with E-state index in [0.29, 0.717) is 0 Å². The SMILES string of the molecule is O=S(=O)(Cc1ccon1)C(F)(F)F. The normalized spacial score (nSPS) is 13.2. The van der Waals surface area contributed by atoms with Gasteiger partial charge in [-0.2, -0.15) is 13.2 Å². The van der Waals surface area contributed by atoms with Crippen LogP contribution in [0.3, 0.4) is 0 Å². The number of sulfone groups is 1. The summed E-state index contributed by atoms with van der Waals surface area (Å²) in [6.07, 6.45) is 1.00. The van der Waals surface area contributed by atoms with Gasteiger partial charge in [-0.25, -0.2) is 8.42 Å². The molecule has 0 atom stereocenters. The van der Waals surface area contributed by atoms with Crippen molar-refractivity contribution >= 4 is 9.84 Å². The van der Waals surface area contributed by atoms with E-state index >= 15 is 0 Å². The van der Waals surface area contributed by atoms with Crippen LogP contribution < -0.4 is 0 Å². The Hall–Kier alpha value is -1.05. The minimum Gasteiger partial charge on any atom is -0.364 e. The molecule has 0 unspecified atom stereocenters. The molecule has 1 aromatic rings. The van der Waals surface area contributed by atoms with E-state index in [-0.39, 0.29) is 5.69 Å². The Bertz CT molecular complexity index is 366. The Morgan fingerprint density at radius 1 is 1.46 bits per heavy atom. The molecule has 0 amide bonds. The number of halogens is 3. The molecular weight excluding hydrogens is 211 g/mol. The molecule has 0 aliphatic carbocycles. The average Bonchev–Trinajstić information content (AvgIpc) is 2.35. The second kappa shape index (κ2) is 3.02. The summed E-state index contributed by atoms with van der Waals surface area (Å²) < 4.78 is 60.6. The largest absolute Gasteiger partial charge is 0.497 e. The lowest BCUT2D eigenvalue weighted by Crippen LogP contribution is -2.24. The van der Waals surface area contributed by atoms with Crippen LogP contribution in [0.15, 0.2) is 16.9 Å². The number of aromatic nitrogens is 1. The van der Waals surface area contributed by atoms with Crippen LogP contribution in [-0.4, -0.2) is 19.1 Å². The zero-order valence-corrected chi connectivity index (χ0v) is 6.89. The molecule has 0 aliphatic rings. The fourth-order valence-electron chi connectivity index (χ4n) is 0.589. The zero-order valence-electron chi connectivity index (χ0n) is 6.08. The Labute approximate surface area is 71.2 Å². The number of hydrogen-bond acceptors (Lipinski definition) is 4. The van der Waals surface area contributed by atoms with Crippen molar-refractivity contribution in [2.24, 2.45) is 0 Å². The van der Waals surface area contributed by atoms with Crippen molar-refractivity contribution < 1.29 is 26.1 Å². The van der Waals surface area contributed by atoms with E-state index in [2.05, 4.69) is 9.68 Å². The summed E-state index contributed by atoms with van der Waals surface area (Å²) >= 11 is 0. The first-order valence-electron chi connectivity index (χ1n) is 3.01. The van der Waals surface area contributed by atoms with Crippen molar-refractivity contribution in [3.8, 4) is 0 Å². The summed E-state index contributed by atoms with van der Waals surface area (Å²) in [5, 5.41) is 3.06. The van der Waals surface area contributed by atoms with Crippen molar-refractivity contribution in [1.29, 1.82) is 0 Å². The van der Waals surface area contributed by atoms with E-state index in [1.807, 2.05) is 0 Å². The highest BCUT2D eigenvalue weighted by atomic mass is 32.2. The molecule has 1 aromatic heterocycles. The average molecular weight is 215 g/mol. The van der Waals surface area contributed by atoms with Crippen LogP contribution in [0.4, 0.5) is 13.2 Å². The van der Waals surface area contributed by atoms with Crippen molar-refractivity contribution in [2.45, 2.75) is 11.3 Å². The molecule has 0 bridgehead atoms. The molecule has 13 heavy (non-hydrogen) atoms. The van der Waals surface area contributed by atoms with E-state index in [1.54, 1.807) is 0 Å². The van der Waals surface area contributed by atoms with Crippen LogP contribution in [-0.2, 0) is 15.6 Å². The standard InChI is InChI=1S/C5H4F3NO3S/c6-5(7,8)13(10,11)3-4-1-2-12-9-4/h1-2H,3H2. The molecule has 0 radical (unpaired) electrons. The predicted molar refractivity (Wildman–Crippen MR) is 35.2 cm³/mol. The van der Waals surface area contributed by atoms with Gasteiger partial charge >= 0.3 is 5.51 Å². The third-order valence-corrected chi connectivity index (χ3v) is 2.56. The van der Waals surface area contributed by atoms with Gasteiger partial charge in [0.25, 0.3) is 9.84 Å². The van der Waals surface area contributed by atoms with Gasteiger partial charge in [0, 0.05) is 6.07 Å². The molecule has 0 saturated heterocycles. The highest BCUT2D eigenvalue weighted by molar-refractivity contribution is 7.91. The second-order valence-corrected chi connectivity index (χ2v) is 4.18. The fourth-order valence-corrected chi connectivity index (χ4v) is 1.29. The number of hydrogen-bond donors (Lipinski definition) is 0. The fraction of sp³-hybridized carbons (Fsp3) is 0.400. The first kappa shape index (κ1) is 10.0. The third kappa shape index (κ3) is 2.20. The second-order valence-electron chi connectivity index (χ2n) is 2.20. The molecule has 0 aromatic carbocycles. The van der Waals surface area contributed by atoms with Crippen molar-refractivity contribution in [2.75, 3.05) is 0 Å². The maximum absolute atomic E-state index is 11.8. The van der Waals surface area contributed by atoms with E-state index in [1.165, 1.54) is 0 Å². The van der Waals surface area contributed by atoms with Crippen LogP contribution >= 0.6 is 0 Å². The van der Waals surface area contributed by atoms with Gasteiger partial charge in [-0.05, 0) is 0 Å². The highest BCUT2D eigenvalue weighted by Gasteiger charge is 2.45. The highest BCUT2D eigenvalue weighted by Crippen LogP contribution is 2.26. The van der Waals surface area contributed by atoms with Crippen LogP contribution in [0.1, 0.15) is 5.69 Å². The molecular formula is C5H4F3NO3S. The summed E-state index contributed by atoms with van der Waals surface area (Å²) in [6.45, 7) is 0. The molecule has 0 spiro atoms. The van der Waals surface area contributed by atoms with Gasteiger partial charge in [-0.15, -0.1) is 0 Å². The number of rotatable bonds is 2. The maximum atomic E-state index is 11.8. The molecule has 1 heterocycles. The van der Waals surface area contributed by atoms with Gasteiger partial charge in [0.15, 0.2) is 0 Å². The Kier molecular flexibility index (Phi) is 2.33. The summed E-state index contributed by atoms with van der Waals surface area (Å²) in [5.41, 5.74) is -5.51. The first-order valence-corrected chi connectivity index (χ1v) is 4.66. The van der Waals surface area contributed by atoms with Gasteiger partial charge in [-0.1, -0.05) is 5.16 Å². The molecule has 0 saturated carbocycles. The Balaban J connectivity index is 2.87. The van der Waals surface area contributed by atoms with Gasteiger partial charge < -0.3 is 4.52 Å². The van der Waals surface area contributed by atoms with E-state index in [9.17, 15) is 21.6 Å². The van der Waals surface area contributed by atoms with Gasteiger partial charge in [-0.3, -0.25) is 0 Å². The minimum atomic E-state index is -5.24. The molecule has 0 fully saturated rings. The Morgan fingerprint density at radius 2 is 2.08 bits per heavy atom. The molecule has 4 nitrogen and oxygen atoms in total. The lowest BCUT2D eigenvalue weighted by molar-refractivity contribution is -0.0438. The van der Waals surface area contributed by atoms with Crippen LogP contribution in [0.25, 0.3) is 0 Å². The molecule has 74 valence electrons. The molecule has 1 rings (SSSR count). The topological polar surface area (TPSA) is 60.2 Å². The maximum Gasteiger partial charge on any atom is 0.497 e. The lowest BCUT2D eigenvalue weighted by atomic mass is 10.5. The van der Waals surface area contributed by atoms with Crippen LogP contribution in [0.5, 0.6) is 0 Å². The first-order chi connectivity index (χ1) is 5.83. The van der Waals surface area contributed by atoms with Gasteiger partial charge in [0.2, 0.25) is 0 Å². The number of alkyl halides is 3. The summed E-state index contributed by atoms with van der Waals surface area (Å²) in [6, 6.07) is 1.06. The lowest BCUT2D eigenvalue weighted by Gasteiger charge is -2.04. The van der Waals surface area contributed by atoms with Gasteiger partial charge in [0.1, 0.15) is 12.0 Å². The third-order valence-electron chi connectivity index (χ3n) is 1.18. The summed E-state index contributed by atoms with van der Waals surface area (Å²) in [4.78, 5) is 0. The Morgan fingerprint density at radius 3 is 2.46 bits per heavy atom. The summed E-state index contributed by atoms with van der Waals surface area (Å²) in [5.74, 6) is -1.19. The van der Waals surface area contributed by atoms with Crippen LogP contribution in [0, 0.1) is 0 Å². The molecule has 8 heteroatoms.